The molecule has 4 aromatic rings. The molecule has 0 saturated heterocycles. The van der Waals surface area contributed by atoms with Crippen LogP contribution in [-0.4, -0.2) is 43.8 Å². The van der Waals surface area contributed by atoms with Crippen molar-refractivity contribution in [2.45, 2.75) is 77.0 Å². The minimum atomic E-state index is -0.165. The highest BCUT2D eigenvalue weighted by molar-refractivity contribution is 7.15. The molecule has 0 aliphatic heterocycles. The fourth-order valence-corrected chi connectivity index (χ4v) is 7.18. The van der Waals surface area contributed by atoms with E-state index in [1.165, 1.54) is 22.7 Å². The fourth-order valence-electron chi connectivity index (χ4n) is 5.36. The molecule has 0 unspecified atom stereocenters. The van der Waals surface area contributed by atoms with Crippen molar-refractivity contribution in [1.29, 1.82) is 0 Å². The lowest BCUT2D eigenvalue weighted by atomic mass is 9.82. The van der Waals surface area contributed by atoms with E-state index in [1.54, 1.807) is 13.8 Å². The smallest absolute Gasteiger partial charge is 0.230 e. The molecule has 2 aromatic heterocycles. The molecule has 1 saturated carbocycles. The number of carbonyl (C=O) groups is 4. The molecule has 1 fully saturated rings. The van der Waals surface area contributed by atoms with E-state index in [2.05, 4.69) is 31.0 Å². The normalized spacial score (nSPS) is 16.3. The van der Waals surface area contributed by atoms with Crippen molar-refractivity contribution in [1.82, 2.24) is 20.4 Å². The van der Waals surface area contributed by atoms with Crippen molar-refractivity contribution in [3.63, 3.8) is 0 Å². The van der Waals surface area contributed by atoms with E-state index in [4.69, 9.17) is 0 Å². The molecule has 2 heterocycles. The van der Waals surface area contributed by atoms with Crippen LogP contribution in [0, 0.1) is 0 Å². The Morgan fingerprint density at radius 1 is 0.614 bits per heavy atom. The van der Waals surface area contributed by atoms with Gasteiger partial charge in [0.25, 0.3) is 0 Å². The number of nitrogens with zero attached hydrogens (tertiary/aromatic N) is 4. The molecule has 1 aliphatic carbocycles. The number of rotatable bonds is 12. The summed E-state index contributed by atoms with van der Waals surface area (Å²) in [6.07, 6.45) is 5.04. The van der Waals surface area contributed by atoms with Gasteiger partial charge in [0.15, 0.2) is 0 Å². The summed E-state index contributed by atoms with van der Waals surface area (Å²) in [6.45, 7) is 3.12. The van der Waals surface area contributed by atoms with Crippen LogP contribution in [0.1, 0.15) is 83.6 Å². The van der Waals surface area contributed by atoms with Crippen molar-refractivity contribution in [3.05, 3.63) is 80.8 Å². The van der Waals surface area contributed by atoms with Crippen LogP contribution in [0.5, 0.6) is 0 Å². The van der Waals surface area contributed by atoms with E-state index >= 15 is 0 Å². The van der Waals surface area contributed by atoms with Gasteiger partial charge in [-0.1, -0.05) is 77.6 Å². The molecule has 0 bridgehead atoms. The van der Waals surface area contributed by atoms with Crippen LogP contribution in [-0.2, 0) is 44.9 Å². The number of aromatic nitrogens is 4. The Bertz CT molecular complexity index is 1510. The van der Waals surface area contributed by atoms with Crippen LogP contribution in [0.25, 0.3) is 0 Å². The summed E-state index contributed by atoms with van der Waals surface area (Å²) in [5.41, 5.74) is 3.59. The first kappa shape index (κ1) is 31.3. The number of nitrogens with one attached hydrogen (secondary N) is 2. The molecule has 2 aromatic carbocycles. The van der Waals surface area contributed by atoms with Crippen LogP contribution in [0.15, 0.2) is 48.5 Å². The van der Waals surface area contributed by atoms with Gasteiger partial charge in [-0.25, -0.2) is 0 Å². The molecular formula is C32H34N6O4S2. The van der Waals surface area contributed by atoms with E-state index in [9.17, 15) is 19.2 Å². The second kappa shape index (κ2) is 14.5. The van der Waals surface area contributed by atoms with Crippen molar-refractivity contribution < 1.29 is 19.2 Å². The lowest BCUT2D eigenvalue weighted by Gasteiger charge is -2.25. The number of amides is 2. The summed E-state index contributed by atoms with van der Waals surface area (Å²) < 4.78 is 0. The number of Topliss-reactive ketones (excluding diaryl/α,β-unsaturated/α-hetero) is 2. The summed E-state index contributed by atoms with van der Waals surface area (Å²) in [7, 11) is 0. The summed E-state index contributed by atoms with van der Waals surface area (Å²) in [6, 6.07) is 15.0. The lowest BCUT2D eigenvalue weighted by Crippen LogP contribution is -2.14. The molecule has 228 valence electrons. The van der Waals surface area contributed by atoms with Crippen LogP contribution >= 0.6 is 22.7 Å². The minimum absolute atomic E-state index is 0.103. The molecule has 0 radical (unpaired) electrons. The monoisotopic (exact) mass is 630 g/mol. The van der Waals surface area contributed by atoms with Gasteiger partial charge in [0.2, 0.25) is 22.1 Å². The first-order valence-electron chi connectivity index (χ1n) is 14.6. The third-order valence-electron chi connectivity index (χ3n) is 7.43. The van der Waals surface area contributed by atoms with E-state index < -0.39 is 0 Å². The Kier molecular flexibility index (Phi) is 10.3. The molecule has 2 N–H and O–H groups in total. The average Bonchev–Trinajstić information content (AvgIpc) is 3.65. The molecule has 0 spiro atoms. The molecule has 2 atom stereocenters. The predicted molar refractivity (Wildman–Crippen MR) is 170 cm³/mol. The van der Waals surface area contributed by atoms with E-state index in [1.807, 2.05) is 48.5 Å². The van der Waals surface area contributed by atoms with Crippen molar-refractivity contribution in [3.8, 4) is 0 Å². The topological polar surface area (TPSA) is 144 Å². The van der Waals surface area contributed by atoms with Gasteiger partial charge in [-0.3, -0.25) is 19.2 Å². The quantitative estimate of drug-likeness (QED) is 0.210. The van der Waals surface area contributed by atoms with Gasteiger partial charge in [0.1, 0.15) is 21.6 Å². The van der Waals surface area contributed by atoms with Crippen LogP contribution in [0.3, 0.4) is 0 Å². The fraction of sp³-hybridized carbons (Fsp3) is 0.375. The number of carbonyl (C=O) groups excluding carboxylic acids is 4. The highest BCUT2D eigenvalue weighted by Gasteiger charge is 2.29. The second-order valence-electron chi connectivity index (χ2n) is 11.3. The number of hydrogen-bond acceptors (Lipinski definition) is 10. The lowest BCUT2D eigenvalue weighted by molar-refractivity contribution is -0.117. The SMILES string of the molecule is CC(=O)Cc1ccc(CC(=O)Nc2nnc([C@H]3CCC[C@H](c4nnc(NC(=O)Cc5ccc(CC(C)=O)cc5)s4)C3)s2)cc1. The zero-order valence-corrected chi connectivity index (χ0v) is 26.3. The molecule has 12 heteroatoms. The molecule has 1 aliphatic rings. The van der Waals surface area contributed by atoms with Gasteiger partial charge in [0, 0.05) is 24.7 Å². The molecule has 2 amide bonds. The standard InChI is InChI=1S/C32H34N6O4S2/c1-19(39)14-21-6-10-23(11-7-21)16-27(41)33-31-37-35-29(43-31)25-4-3-5-26(18-25)30-36-38-32(44-30)34-28(42)17-24-12-8-22(9-13-24)15-20(2)40/h6-13,25-26H,3-5,14-18H2,1-2H3,(H,33,37,41)(H,34,38,42)/t25-,26-/m0/s1. The Hall–Kier alpha value is -4.16. The number of benzene rings is 2. The van der Waals surface area contributed by atoms with Gasteiger partial charge < -0.3 is 10.6 Å². The summed E-state index contributed by atoms with van der Waals surface area (Å²) in [5.74, 6) is 0.290. The third-order valence-corrected chi connectivity index (χ3v) is 9.43. The second-order valence-corrected chi connectivity index (χ2v) is 13.3. The highest BCUT2D eigenvalue weighted by atomic mass is 32.1. The largest absolute Gasteiger partial charge is 0.300 e. The average molecular weight is 631 g/mol. The van der Waals surface area contributed by atoms with Gasteiger partial charge in [-0.2, -0.15) is 0 Å². The summed E-state index contributed by atoms with van der Waals surface area (Å²) in [4.78, 5) is 47.8. The maximum Gasteiger partial charge on any atom is 0.230 e. The maximum atomic E-state index is 12.6. The van der Waals surface area contributed by atoms with Crippen molar-refractivity contribution in [2.24, 2.45) is 0 Å². The number of ketones is 2. The Balaban J connectivity index is 1.11. The van der Waals surface area contributed by atoms with Gasteiger partial charge in [0.05, 0.1) is 12.8 Å². The van der Waals surface area contributed by atoms with Crippen LogP contribution in [0.2, 0.25) is 0 Å². The molecular weight excluding hydrogens is 597 g/mol. The first-order chi connectivity index (χ1) is 21.2. The third kappa shape index (κ3) is 8.93. The van der Waals surface area contributed by atoms with Gasteiger partial charge in [-0.05, 0) is 55.4 Å². The highest BCUT2D eigenvalue weighted by Crippen LogP contribution is 2.43. The van der Waals surface area contributed by atoms with Crippen molar-refractivity contribution in [2.75, 3.05) is 10.6 Å². The number of anilines is 2. The van der Waals surface area contributed by atoms with Gasteiger partial charge >= 0.3 is 0 Å². The summed E-state index contributed by atoms with van der Waals surface area (Å²) >= 11 is 2.81. The minimum Gasteiger partial charge on any atom is -0.300 e. The number of hydrogen-bond donors (Lipinski definition) is 2. The van der Waals surface area contributed by atoms with Crippen molar-refractivity contribution >= 4 is 56.3 Å². The van der Waals surface area contributed by atoms with E-state index in [0.717, 1.165) is 58.0 Å². The van der Waals surface area contributed by atoms with Crippen LogP contribution < -0.4 is 10.6 Å². The Morgan fingerprint density at radius 2 is 0.977 bits per heavy atom. The maximum absolute atomic E-state index is 12.6. The van der Waals surface area contributed by atoms with Crippen LogP contribution in [0.4, 0.5) is 10.3 Å². The zero-order valence-electron chi connectivity index (χ0n) is 24.7. The Morgan fingerprint density at radius 3 is 1.34 bits per heavy atom. The molecule has 44 heavy (non-hydrogen) atoms. The van der Waals surface area contributed by atoms with E-state index in [-0.39, 0.29) is 48.1 Å². The predicted octanol–water partition coefficient (Wildman–Crippen LogP) is 5.46. The van der Waals surface area contributed by atoms with E-state index in [0.29, 0.717) is 23.1 Å². The molecule has 10 nitrogen and oxygen atoms in total. The zero-order chi connectivity index (χ0) is 31.1. The Labute approximate surface area is 263 Å². The first-order valence-corrected chi connectivity index (χ1v) is 16.2. The summed E-state index contributed by atoms with van der Waals surface area (Å²) in [5, 5.41) is 25.7. The molecule has 5 rings (SSSR count). The van der Waals surface area contributed by atoms with Gasteiger partial charge in [-0.15, -0.1) is 20.4 Å².